The molecule has 178 valence electrons. The predicted octanol–water partition coefficient (Wildman–Crippen LogP) is 7.16. The van der Waals surface area contributed by atoms with Gasteiger partial charge in [0.15, 0.2) is 5.82 Å². The van der Waals surface area contributed by atoms with Crippen molar-refractivity contribution in [1.29, 1.82) is 0 Å². The summed E-state index contributed by atoms with van der Waals surface area (Å²) >= 11 is 0. The van der Waals surface area contributed by atoms with E-state index in [1.54, 1.807) is 0 Å². The summed E-state index contributed by atoms with van der Waals surface area (Å²) < 4.78 is 1.99. The van der Waals surface area contributed by atoms with Gasteiger partial charge in [0, 0.05) is 5.56 Å². The van der Waals surface area contributed by atoms with E-state index in [1.165, 1.54) is 5.56 Å². The van der Waals surface area contributed by atoms with Crippen LogP contribution in [0.5, 0.6) is 0 Å². The number of tetrazole rings is 1. The van der Waals surface area contributed by atoms with Crippen LogP contribution in [-0.4, -0.2) is 20.2 Å². The third kappa shape index (κ3) is 3.83. The van der Waals surface area contributed by atoms with Gasteiger partial charge in [-0.05, 0) is 50.7 Å². The first kappa shape index (κ1) is 22.6. The lowest BCUT2D eigenvalue weighted by atomic mass is 9.77. The molecule has 4 nitrogen and oxygen atoms in total. The van der Waals surface area contributed by atoms with E-state index >= 15 is 0 Å². The van der Waals surface area contributed by atoms with Gasteiger partial charge in [-0.15, -0.1) is 5.10 Å². The summed E-state index contributed by atoms with van der Waals surface area (Å²) in [5, 5.41) is 13.6. The maximum Gasteiger partial charge on any atom is 0.184 e. The third-order valence-electron chi connectivity index (χ3n) is 6.97. The quantitative estimate of drug-likeness (QED) is 0.239. The fourth-order valence-corrected chi connectivity index (χ4v) is 5.27. The molecule has 5 aromatic carbocycles. The molecule has 6 aromatic rings. The highest BCUT2D eigenvalue weighted by atomic mass is 15.6. The van der Waals surface area contributed by atoms with E-state index in [1.807, 2.05) is 28.9 Å². The summed E-state index contributed by atoms with van der Waals surface area (Å²) in [6.45, 7) is 2.14. The monoisotopic (exact) mass is 478 g/mol. The van der Waals surface area contributed by atoms with Crippen molar-refractivity contribution in [3.05, 3.63) is 162 Å². The van der Waals surface area contributed by atoms with Crippen LogP contribution in [0.2, 0.25) is 0 Å². The van der Waals surface area contributed by atoms with Gasteiger partial charge in [-0.3, -0.25) is 0 Å². The normalized spacial score (nSPS) is 11.4. The average Bonchev–Trinajstić information content (AvgIpc) is 3.46. The van der Waals surface area contributed by atoms with Crippen LogP contribution in [0, 0.1) is 6.92 Å². The van der Waals surface area contributed by atoms with Crippen LogP contribution < -0.4 is 0 Å². The molecule has 37 heavy (non-hydrogen) atoms. The number of benzene rings is 5. The fraction of sp³-hybridized carbons (Fsp3) is 0.0606. The molecule has 0 aliphatic heterocycles. The number of hydrogen-bond donors (Lipinski definition) is 0. The van der Waals surface area contributed by atoms with Gasteiger partial charge < -0.3 is 0 Å². The molecule has 0 saturated carbocycles. The number of aromatic nitrogens is 4. The minimum absolute atomic E-state index is 0.704. The van der Waals surface area contributed by atoms with E-state index in [0.29, 0.717) is 5.82 Å². The number of aryl methyl sites for hydroxylation is 1. The lowest BCUT2D eigenvalue weighted by Gasteiger charge is -2.36. The number of rotatable bonds is 6. The molecular weight excluding hydrogens is 452 g/mol. The average molecular weight is 479 g/mol. The zero-order valence-corrected chi connectivity index (χ0v) is 20.6. The molecule has 1 heterocycles. The predicted molar refractivity (Wildman–Crippen MR) is 148 cm³/mol. The molecule has 6 rings (SSSR count). The molecule has 1 aromatic heterocycles. The Morgan fingerprint density at radius 3 is 1.43 bits per heavy atom. The first-order chi connectivity index (χ1) is 18.3. The van der Waals surface area contributed by atoms with Crippen LogP contribution in [0.1, 0.15) is 22.3 Å². The van der Waals surface area contributed by atoms with Crippen molar-refractivity contribution in [1.82, 2.24) is 20.2 Å². The number of hydrogen-bond acceptors (Lipinski definition) is 3. The van der Waals surface area contributed by atoms with Gasteiger partial charge in [-0.1, -0.05) is 140 Å². The summed E-state index contributed by atoms with van der Waals surface area (Å²) in [4.78, 5) is 0. The Morgan fingerprint density at radius 2 is 0.919 bits per heavy atom. The molecular formula is C33H26N4. The van der Waals surface area contributed by atoms with Gasteiger partial charge in [0.2, 0.25) is 0 Å². The maximum absolute atomic E-state index is 4.71. The molecule has 0 aliphatic carbocycles. The second-order valence-electron chi connectivity index (χ2n) is 9.08. The zero-order valence-electron chi connectivity index (χ0n) is 20.6. The summed E-state index contributed by atoms with van der Waals surface area (Å²) in [5.74, 6) is 0.704. The van der Waals surface area contributed by atoms with E-state index in [0.717, 1.165) is 33.4 Å². The topological polar surface area (TPSA) is 43.6 Å². The molecule has 4 heteroatoms. The fourth-order valence-electron chi connectivity index (χ4n) is 5.27. The molecule has 0 fully saturated rings. The van der Waals surface area contributed by atoms with Crippen LogP contribution >= 0.6 is 0 Å². The second-order valence-corrected chi connectivity index (χ2v) is 9.08. The Bertz CT molecular complexity index is 1530. The Kier molecular flexibility index (Phi) is 5.91. The summed E-state index contributed by atoms with van der Waals surface area (Å²) in [6, 6.07) is 48.2. The summed E-state index contributed by atoms with van der Waals surface area (Å²) in [6.07, 6.45) is 0. The second kappa shape index (κ2) is 9.67. The lowest BCUT2D eigenvalue weighted by Crippen LogP contribution is -2.39. The highest BCUT2D eigenvalue weighted by molar-refractivity contribution is 5.82. The van der Waals surface area contributed by atoms with Crippen molar-refractivity contribution in [3.63, 3.8) is 0 Å². The largest absolute Gasteiger partial charge is 0.205 e. The van der Waals surface area contributed by atoms with Crippen LogP contribution in [0.3, 0.4) is 0 Å². The van der Waals surface area contributed by atoms with Gasteiger partial charge >= 0.3 is 0 Å². The Labute approximate surface area is 216 Å². The Balaban J connectivity index is 1.71. The summed E-state index contributed by atoms with van der Waals surface area (Å²) in [7, 11) is 0. The first-order valence-corrected chi connectivity index (χ1v) is 12.4. The minimum atomic E-state index is -0.790. The molecule has 0 saturated heterocycles. The molecule has 0 radical (unpaired) electrons. The van der Waals surface area contributed by atoms with Crippen molar-refractivity contribution in [3.8, 4) is 22.5 Å². The third-order valence-corrected chi connectivity index (χ3v) is 6.97. The van der Waals surface area contributed by atoms with Crippen molar-refractivity contribution in [2.24, 2.45) is 0 Å². The molecule has 0 bridgehead atoms. The van der Waals surface area contributed by atoms with Crippen molar-refractivity contribution in [2.75, 3.05) is 0 Å². The Morgan fingerprint density at radius 1 is 0.486 bits per heavy atom. The molecule has 0 aliphatic rings. The van der Waals surface area contributed by atoms with E-state index < -0.39 is 5.54 Å². The molecule has 0 atom stereocenters. The van der Waals surface area contributed by atoms with Crippen LogP contribution in [-0.2, 0) is 5.54 Å². The SMILES string of the molecule is Cc1ccccc1-c1ccccc1-c1nnnn1C(c1ccccc1)(c1ccccc1)c1ccccc1. The summed E-state index contributed by atoms with van der Waals surface area (Å²) in [5.41, 5.74) is 6.89. The highest BCUT2D eigenvalue weighted by Gasteiger charge is 2.42. The van der Waals surface area contributed by atoms with E-state index in [-0.39, 0.29) is 0 Å². The van der Waals surface area contributed by atoms with Gasteiger partial charge in [-0.2, -0.15) is 0 Å². The van der Waals surface area contributed by atoms with Gasteiger partial charge in [-0.25, -0.2) is 4.68 Å². The van der Waals surface area contributed by atoms with E-state index in [4.69, 9.17) is 5.21 Å². The lowest BCUT2D eigenvalue weighted by molar-refractivity contribution is 0.451. The standard InChI is InChI=1S/C33H26N4/c1-25-15-11-12-22-29(25)30-23-13-14-24-31(30)32-34-35-36-37(32)33(26-16-5-2-6-17-26,27-18-7-3-8-19-27)28-20-9-4-10-21-28/h2-24H,1H3. The molecule has 0 unspecified atom stereocenters. The Hall–Kier alpha value is -4.83. The van der Waals surface area contributed by atoms with Crippen molar-refractivity contribution < 1.29 is 0 Å². The highest BCUT2D eigenvalue weighted by Crippen LogP contribution is 2.43. The van der Waals surface area contributed by atoms with E-state index in [2.05, 4.69) is 132 Å². The van der Waals surface area contributed by atoms with Gasteiger partial charge in [0.1, 0.15) is 5.54 Å². The minimum Gasteiger partial charge on any atom is -0.205 e. The molecule has 0 amide bonds. The molecule has 0 N–H and O–H groups in total. The van der Waals surface area contributed by atoms with Crippen molar-refractivity contribution >= 4 is 0 Å². The van der Waals surface area contributed by atoms with Crippen molar-refractivity contribution in [2.45, 2.75) is 12.5 Å². The first-order valence-electron chi connectivity index (χ1n) is 12.4. The van der Waals surface area contributed by atoms with Crippen LogP contribution in [0.15, 0.2) is 140 Å². The van der Waals surface area contributed by atoms with Gasteiger partial charge in [0.05, 0.1) is 0 Å². The molecule has 0 spiro atoms. The number of nitrogens with zero attached hydrogens (tertiary/aromatic N) is 4. The van der Waals surface area contributed by atoms with Crippen LogP contribution in [0.25, 0.3) is 22.5 Å². The smallest absolute Gasteiger partial charge is 0.184 e. The van der Waals surface area contributed by atoms with Crippen LogP contribution in [0.4, 0.5) is 0 Å². The van der Waals surface area contributed by atoms with E-state index in [9.17, 15) is 0 Å². The van der Waals surface area contributed by atoms with Gasteiger partial charge in [0.25, 0.3) is 0 Å². The maximum atomic E-state index is 4.71. The zero-order chi connectivity index (χ0) is 25.1.